The summed E-state index contributed by atoms with van der Waals surface area (Å²) in [5.74, 6) is -0.160. The molecule has 0 bridgehead atoms. The zero-order valence-corrected chi connectivity index (χ0v) is 12.0. The number of hydrogen-bond donors (Lipinski definition) is 1. The number of carboxylic acid groups (broad SMARTS) is 1. The first-order valence-electron chi connectivity index (χ1n) is 7.17. The van der Waals surface area contributed by atoms with E-state index in [9.17, 15) is 9.90 Å². The quantitative estimate of drug-likeness (QED) is 0.938. The van der Waals surface area contributed by atoms with Crippen LogP contribution in [0.25, 0.3) is 0 Å². The molecule has 21 heavy (non-hydrogen) atoms. The molecule has 1 aliphatic rings. The maximum Gasteiger partial charge on any atom is 0.308 e. The smallest absolute Gasteiger partial charge is 0.308 e. The van der Waals surface area contributed by atoms with Crippen molar-refractivity contribution < 1.29 is 14.3 Å². The van der Waals surface area contributed by atoms with Crippen molar-refractivity contribution in [3.63, 3.8) is 0 Å². The largest absolute Gasteiger partial charge is 0.481 e. The van der Waals surface area contributed by atoms with Gasteiger partial charge in [-0.05, 0) is 24.6 Å². The summed E-state index contributed by atoms with van der Waals surface area (Å²) in [5, 5.41) is 9.49. The van der Waals surface area contributed by atoms with Gasteiger partial charge in [-0.15, -0.1) is 0 Å². The molecule has 1 N–H and O–H groups in total. The number of nitrogens with zero attached hydrogens (tertiary/aromatic N) is 1. The van der Waals surface area contributed by atoms with Crippen molar-refractivity contribution in [3.8, 4) is 0 Å². The van der Waals surface area contributed by atoms with Crippen LogP contribution >= 0.6 is 0 Å². The summed E-state index contributed by atoms with van der Waals surface area (Å²) < 4.78 is 5.36. The minimum atomic E-state index is -0.720. The second-order valence-electron chi connectivity index (χ2n) is 5.74. The molecule has 0 unspecified atom stereocenters. The summed E-state index contributed by atoms with van der Waals surface area (Å²) in [6.45, 7) is 4.02. The molecule has 2 heterocycles. The molecule has 3 rings (SSSR count). The van der Waals surface area contributed by atoms with Crippen LogP contribution in [0.15, 0.2) is 47.1 Å². The normalized spacial score (nSPS) is 22.5. The van der Waals surface area contributed by atoms with Gasteiger partial charge in [0.2, 0.25) is 0 Å². The summed E-state index contributed by atoms with van der Waals surface area (Å²) in [5.41, 5.74) is 2.30. The molecular formula is C17H19NO3. The van der Waals surface area contributed by atoms with Crippen LogP contribution in [0.5, 0.6) is 0 Å². The molecule has 0 radical (unpaired) electrons. The summed E-state index contributed by atoms with van der Waals surface area (Å²) in [6.07, 6.45) is 1.65. The standard InChI is InChI=1S/C17H19NO3/c1-12-4-6-13(7-5-12)15-10-18(11-16(15)17(19)20)9-14-3-2-8-21-14/h2-8,15-16H,9-11H2,1H3,(H,19,20)/t15-,16+/m0/s1. The fraction of sp³-hybridized carbons (Fsp3) is 0.353. The van der Waals surface area contributed by atoms with Gasteiger partial charge in [-0.3, -0.25) is 9.69 Å². The number of carbonyl (C=O) groups is 1. The lowest BCUT2D eigenvalue weighted by atomic mass is 9.89. The maximum atomic E-state index is 11.6. The molecule has 1 aromatic carbocycles. The third-order valence-electron chi connectivity index (χ3n) is 4.18. The molecule has 1 saturated heterocycles. The lowest BCUT2D eigenvalue weighted by Gasteiger charge is -2.15. The summed E-state index contributed by atoms with van der Waals surface area (Å²) in [6, 6.07) is 12.0. The number of benzene rings is 1. The van der Waals surface area contributed by atoms with Gasteiger partial charge in [0.05, 0.1) is 18.7 Å². The van der Waals surface area contributed by atoms with Crippen molar-refractivity contribution in [1.82, 2.24) is 4.90 Å². The number of likely N-dealkylation sites (tertiary alicyclic amines) is 1. The van der Waals surface area contributed by atoms with E-state index in [4.69, 9.17) is 4.42 Å². The van der Waals surface area contributed by atoms with Crippen molar-refractivity contribution in [1.29, 1.82) is 0 Å². The van der Waals surface area contributed by atoms with Crippen molar-refractivity contribution in [3.05, 3.63) is 59.5 Å². The molecule has 2 aromatic rings. The van der Waals surface area contributed by atoms with E-state index in [-0.39, 0.29) is 11.8 Å². The third-order valence-corrected chi connectivity index (χ3v) is 4.18. The topological polar surface area (TPSA) is 53.7 Å². The fourth-order valence-electron chi connectivity index (χ4n) is 3.04. The van der Waals surface area contributed by atoms with Crippen LogP contribution in [0.2, 0.25) is 0 Å². The monoisotopic (exact) mass is 285 g/mol. The van der Waals surface area contributed by atoms with E-state index in [0.29, 0.717) is 13.1 Å². The van der Waals surface area contributed by atoms with E-state index in [1.54, 1.807) is 6.26 Å². The van der Waals surface area contributed by atoms with Crippen LogP contribution in [-0.2, 0) is 11.3 Å². The predicted molar refractivity (Wildman–Crippen MR) is 79.0 cm³/mol. The average Bonchev–Trinajstić information content (AvgIpc) is 3.10. The molecule has 1 aromatic heterocycles. The van der Waals surface area contributed by atoms with Gasteiger partial charge in [0.25, 0.3) is 0 Å². The summed E-state index contributed by atoms with van der Waals surface area (Å²) in [4.78, 5) is 13.7. The number of carboxylic acids is 1. The Labute approximate surface area is 124 Å². The maximum absolute atomic E-state index is 11.6. The van der Waals surface area contributed by atoms with Crippen LogP contribution in [0.3, 0.4) is 0 Å². The Hall–Kier alpha value is -2.07. The summed E-state index contributed by atoms with van der Waals surface area (Å²) in [7, 11) is 0. The molecule has 110 valence electrons. The highest BCUT2D eigenvalue weighted by atomic mass is 16.4. The van der Waals surface area contributed by atoms with Gasteiger partial charge < -0.3 is 9.52 Å². The zero-order chi connectivity index (χ0) is 14.8. The molecular weight excluding hydrogens is 266 g/mol. The first kappa shape index (κ1) is 13.9. The van der Waals surface area contributed by atoms with E-state index in [0.717, 1.165) is 17.9 Å². The molecule has 4 nitrogen and oxygen atoms in total. The van der Waals surface area contributed by atoms with Crippen molar-refractivity contribution in [2.45, 2.75) is 19.4 Å². The van der Waals surface area contributed by atoms with E-state index in [2.05, 4.69) is 4.90 Å². The Balaban J connectivity index is 1.78. The van der Waals surface area contributed by atoms with Crippen molar-refractivity contribution in [2.75, 3.05) is 13.1 Å². The molecule has 0 aliphatic carbocycles. The van der Waals surface area contributed by atoms with Gasteiger partial charge in [0.15, 0.2) is 0 Å². The van der Waals surface area contributed by atoms with Crippen molar-refractivity contribution >= 4 is 5.97 Å². The van der Waals surface area contributed by atoms with E-state index >= 15 is 0 Å². The number of rotatable bonds is 4. The highest BCUT2D eigenvalue weighted by Gasteiger charge is 2.38. The first-order chi connectivity index (χ1) is 10.1. The Bertz CT molecular complexity index is 603. The zero-order valence-electron chi connectivity index (χ0n) is 12.0. The molecule has 1 aliphatic heterocycles. The van der Waals surface area contributed by atoms with Crippen LogP contribution < -0.4 is 0 Å². The second kappa shape index (κ2) is 5.74. The predicted octanol–water partition coefficient (Wildman–Crippen LogP) is 2.89. The van der Waals surface area contributed by atoms with Gasteiger partial charge in [-0.2, -0.15) is 0 Å². The molecule has 2 atom stereocenters. The highest BCUT2D eigenvalue weighted by molar-refractivity contribution is 5.72. The van der Waals surface area contributed by atoms with Gasteiger partial charge in [-0.1, -0.05) is 29.8 Å². The fourth-order valence-corrected chi connectivity index (χ4v) is 3.04. The first-order valence-corrected chi connectivity index (χ1v) is 7.17. The number of furan rings is 1. The van der Waals surface area contributed by atoms with Gasteiger partial charge in [0, 0.05) is 19.0 Å². The summed E-state index contributed by atoms with van der Waals surface area (Å²) >= 11 is 0. The van der Waals surface area contributed by atoms with Crippen LogP contribution in [0.1, 0.15) is 22.8 Å². The highest BCUT2D eigenvalue weighted by Crippen LogP contribution is 2.33. The van der Waals surface area contributed by atoms with Crippen molar-refractivity contribution in [2.24, 2.45) is 5.92 Å². The minimum Gasteiger partial charge on any atom is -0.481 e. The van der Waals surface area contributed by atoms with Gasteiger partial charge >= 0.3 is 5.97 Å². The number of hydrogen-bond acceptors (Lipinski definition) is 3. The number of aryl methyl sites for hydroxylation is 1. The lowest BCUT2D eigenvalue weighted by Crippen LogP contribution is -2.23. The van der Waals surface area contributed by atoms with E-state index < -0.39 is 5.97 Å². The Kier molecular flexibility index (Phi) is 3.80. The van der Waals surface area contributed by atoms with E-state index in [1.807, 2.05) is 43.3 Å². The minimum absolute atomic E-state index is 0.0399. The molecule has 0 amide bonds. The van der Waals surface area contributed by atoms with Crippen LogP contribution in [0, 0.1) is 12.8 Å². The second-order valence-corrected chi connectivity index (χ2v) is 5.74. The SMILES string of the molecule is Cc1ccc([C@@H]2CN(Cc3ccco3)C[C@H]2C(=O)O)cc1. The van der Waals surface area contributed by atoms with Gasteiger partial charge in [0.1, 0.15) is 5.76 Å². The Morgan fingerprint density at radius 3 is 2.67 bits per heavy atom. The Morgan fingerprint density at radius 1 is 1.29 bits per heavy atom. The van der Waals surface area contributed by atoms with Gasteiger partial charge in [-0.25, -0.2) is 0 Å². The van der Waals surface area contributed by atoms with Crippen LogP contribution in [-0.4, -0.2) is 29.1 Å². The molecule has 1 fully saturated rings. The third kappa shape index (κ3) is 3.00. The Morgan fingerprint density at radius 2 is 2.05 bits per heavy atom. The average molecular weight is 285 g/mol. The van der Waals surface area contributed by atoms with E-state index in [1.165, 1.54) is 5.56 Å². The molecule has 0 spiro atoms. The molecule has 4 heteroatoms. The van der Waals surface area contributed by atoms with Crippen LogP contribution in [0.4, 0.5) is 0 Å². The molecule has 0 saturated carbocycles. The number of aliphatic carboxylic acids is 1. The lowest BCUT2D eigenvalue weighted by molar-refractivity contribution is -0.141.